The number of hydrogen-bond donors (Lipinski definition) is 2. The van der Waals surface area contributed by atoms with E-state index in [-0.39, 0.29) is 5.82 Å². The third-order valence-electron chi connectivity index (χ3n) is 2.55. The molecule has 5 heteroatoms. The van der Waals surface area contributed by atoms with E-state index in [1.807, 2.05) is 25.1 Å². The average Bonchev–Trinajstić information content (AvgIpc) is 2.29. The normalized spacial score (nSPS) is 10.4. The molecule has 0 amide bonds. The molecule has 0 saturated carbocycles. The van der Waals surface area contributed by atoms with Gasteiger partial charge in [0.2, 0.25) is 0 Å². The van der Waals surface area contributed by atoms with E-state index in [4.69, 9.17) is 5.73 Å². The van der Waals surface area contributed by atoms with Gasteiger partial charge in [-0.15, -0.1) is 0 Å². The number of nitrogen functional groups attached to an aromatic ring is 1. The minimum atomic E-state index is -0.346. The number of benzene rings is 2. The Labute approximate surface area is 122 Å². The summed E-state index contributed by atoms with van der Waals surface area (Å²) in [6.07, 6.45) is 0. The van der Waals surface area contributed by atoms with Gasteiger partial charge < -0.3 is 11.1 Å². The Morgan fingerprint density at radius 1 is 1.11 bits per heavy atom. The molecule has 0 saturated heterocycles. The molecule has 0 spiro atoms. The predicted octanol–water partition coefficient (Wildman–Crippen LogP) is 4.98. The molecule has 0 aliphatic heterocycles. The van der Waals surface area contributed by atoms with Crippen molar-refractivity contribution in [3.8, 4) is 0 Å². The Bertz CT molecular complexity index is 600. The number of hydrogen-bond acceptors (Lipinski definition) is 2. The number of nitrogens with two attached hydrogens (primary N) is 1. The van der Waals surface area contributed by atoms with E-state index < -0.39 is 0 Å². The van der Waals surface area contributed by atoms with Crippen molar-refractivity contribution in [1.82, 2.24) is 0 Å². The summed E-state index contributed by atoms with van der Waals surface area (Å²) in [5.74, 6) is -0.346. The van der Waals surface area contributed by atoms with E-state index in [0.717, 1.165) is 15.7 Å². The fraction of sp³-hybridized carbons (Fsp3) is 0.0769. The standard InChI is InChI=1S/C13H11Br2FN2/c1-7-4-8(14)2-3-12(7)18-13-6-10(16)9(15)5-11(13)17/h2-6,18H,17H2,1H3. The first-order chi connectivity index (χ1) is 8.47. The van der Waals surface area contributed by atoms with Crippen molar-refractivity contribution in [1.29, 1.82) is 0 Å². The molecule has 0 atom stereocenters. The molecule has 0 aliphatic carbocycles. The molecule has 0 fully saturated rings. The van der Waals surface area contributed by atoms with E-state index >= 15 is 0 Å². The van der Waals surface area contributed by atoms with Crippen molar-refractivity contribution in [2.45, 2.75) is 6.92 Å². The third kappa shape index (κ3) is 2.84. The average molecular weight is 374 g/mol. The van der Waals surface area contributed by atoms with Gasteiger partial charge in [0.15, 0.2) is 0 Å². The molecule has 2 rings (SSSR count). The SMILES string of the molecule is Cc1cc(Br)ccc1Nc1cc(F)c(Br)cc1N. The van der Waals surface area contributed by atoms with Gasteiger partial charge in [-0.3, -0.25) is 0 Å². The zero-order valence-electron chi connectivity index (χ0n) is 9.60. The summed E-state index contributed by atoms with van der Waals surface area (Å²) < 4.78 is 14.8. The van der Waals surface area contributed by atoms with Crippen molar-refractivity contribution in [3.63, 3.8) is 0 Å². The molecular weight excluding hydrogens is 363 g/mol. The van der Waals surface area contributed by atoms with E-state index in [1.165, 1.54) is 6.07 Å². The summed E-state index contributed by atoms with van der Waals surface area (Å²) in [6.45, 7) is 1.97. The maximum Gasteiger partial charge on any atom is 0.139 e. The summed E-state index contributed by atoms with van der Waals surface area (Å²) >= 11 is 6.50. The summed E-state index contributed by atoms with van der Waals surface area (Å²) in [5.41, 5.74) is 8.84. The molecular formula is C13H11Br2FN2. The highest BCUT2D eigenvalue weighted by Crippen LogP contribution is 2.30. The number of aryl methyl sites for hydroxylation is 1. The Morgan fingerprint density at radius 2 is 1.83 bits per heavy atom. The Balaban J connectivity index is 2.37. The van der Waals surface area contributed by atoms with Gasteiger partial charge in [0.05, 0.1) is 15.8 Å². The van der Waals surface area contributed by atoms with Crippen molar-refractivity contribution in [3.05, 3.63) is 50.7 Å². The number of anilines is 3. The highest BCUT2D eigenvalue weighted by atomic mass is 79.9. The van der Waals surface area contributed by atoms with Crippen LogP contribution in [0.25, 0.3) is 0 Å². The van der Waals surface area contributed by atoms with E-state index in [0.29, 0.717) is 15.8 Å². The van der Waals surface area contributed by atoms with Crippen LogP contribution in [0.5, 0.6) is 0 Å². The fourth-order valence-corrected chi connectivity index (χ4v) is 2.42. The van der Waals surface area contributed by atoms with Gasteiger partial charge in [-0.2, -0.15) is 0 Å². The Hall–Kier alpha value is -1.07. The van der Waals surface area contributed by atoms with Crippen LogP contribution in [0.15, 0.2) is 39.3 Å². The van der Waals surface area contributed by atoms with E-state index in [1.54, 1.807) is 6.07 Å². The predicted molar refractivity (Wildman–Crippen MR) is 80.7 cm³/mol. The quantitative estimate of drug-likeness (QED) is 0.728. The molecule has 2 aromatic carbocycles. The highest BCUT2D eigenvalue weighted by Gasteiger charge is 2.07. The van der Waals surface area contributed by atoms with Gasteiger partial charge in [-0.05, 0) is 52.7 Å². The topological polar surface area (TPSA) is 38.0 Å². The summed E-state index contributed by atoms with van der Waals surface area (Å²) in [4.78, 5) is 0. The highest BCUT2D eigenvalue weighted by molar-refractivity contribution is 9.10. The number of halogens is 3. The maximum atomic E-state index is 13.5. The molecule has 0 heterocycles. The first-order valence-electron chi connectivity index (χ1n) is 5.25. The van der Waals surface area contributed by atoms with Crippen LogP contribution in [0.1, 0.15) is 5.56 Å². The molecule has 3 N–H and O–H groups in total. The van der Waals surface area contributed by atoms with Crippen molar-refractivity contribution >= 4 is 48.9 Å². The van der Waals surface area contributed by atoms with Crippen LogP contribution in [-0.4, -0.2) is 0 Å². The summed E-state index contributed by atoms with van der Waals surface area (Å²) in [5, 5.41) is 3.13. The van der Waals surface area contributed by atoms with Gasteiger partial charge in [0.1, 0.15) is 5.82 Å². The van der Waals surface area contributed by atoms with Crippen LogP contribution in [0, 0.1) is 12.7 Å². The fourth-order valence-electron chi connectivity index (χ4n) is 1.58. The third-order valence-corrected chi connectivity index (χ3v) is 3.65. The summed E-state index contributed by atoms with van der Waals surface area (Å²) in [7, 11) is 0. The maximum absolute atomic E-state index is 13.5. The van der Waals surface area contributed by atoms with Crippen LogP contribution in [-0.2, 0) is 0 Å². The van der Waals surface area contributed by atoms with Crippen LogP contribution in [0.2, 0.25) is 0 Å². The zero-order chi connectivity index (χ0) is 13.3. The molecule has 0 radical (unpaired) electrons. The van der Waals surface area contributed by atoms with Crippen molar-refractivity contribution < 1.29 is 4.39 Å². The second kappa shape index (κ2) is 5.28. The first-order valence-corrected chi connectivity index (χ1v) is 6.83. The largest absolute Gasteiger partial charge is 0.397 e. The zero-order valence-corrected chi connectivity index (χ0v) is 12.8. The second-order valence-electron chi connectivity index (χ2n) is 3.94. The molecule has 0 unspecified atom stereocenters. The first kappa shape index (κ1) is 13.4. The minimum Gasteiger partial charge on any atom is -0.397 e. The number of rotatable bonds is 2. The van der Waals surface area contributed by atoms with Gasteiger partial charge in [0.25, 0.3) is 0 Å². The Morgan fingerprint density at radius 3 is 2.50 bits per heavy atom. The van der Waals surface area contributed by atoms with Gasteiger partial charge in [-0.25, -0.2) is 4.39 Å². The second-order valence-corrected chi connectivity index (χ2v) is 5.71. The lowest BCUT2D eigenvalue weighted by Gasteiger charge is -2.12. The monoisotopic (exact) mass is 372 g/mol. The summed E-state index contributed by atoms with van der Waals surface area (Å²) in [6, 6.07) is 8.74. The smallest absolute Gasteiger partial charge is 0.139 e. The van der Waals surface area contributed by atoms with Crippen LogP contribution in [0.4, 0.5) is 21.5 Å². The molecule has 0 bridgehead atoms. The minimum absolute atomic E-state index is 0.346. The van der Waals surface area contributed by atoms with Crippen LogP contribution in [0.3, 0.4) is 0 Å². The van der Waals surface area contributed by atoms with Crippen molar-refractivity contribution in [2.24, 2.45) is 0 Å². The van der Waals surface area contributed by atoms with Gasteiger partial charge in [0, 0.05) is 16.2 Å². The Kier molecular flexibility index (Phi) is 3.92. The molecule has 0 aliphatic rings. The molecule has 94 valence electrons. The molecule has 2 aromatic rings. The van der Waals surface area contributed by atoms with Crippen LogP contribution >= 0.6 is 31.9 Å². The van der Waals surface area contributed by atoms with E-state index in [2.05, 4.69) is 37.2 Å². The van der Waals surface area contributed by atoms with Crippen molar-refractivity contribution in [2.75, 3.05) is 11.1 Å². The molecule has 2 nitrogen and oxygen atoms in total. The molecule has 18 heavy (non-hydrogen) atoms. The van der Waals surface area contributed by atoms with Gasteiger partial charge in [-0.1, -0.05) is 15.9 Å². The lowest BCUT2D eigenvalue weighted by Crippen LogP contribution is -1.99. The van der Waals surface area contributed by atoms with E-state index in [9.17, 15) is 4.39 Å². The van der Waals surface area contributed by atoms with Gasteiger partial charge >= 0.3 is 0 Å². The molecule has 0 aromatic heterocycles. The lowest BCUT2D eigenvalue weighted by atomic mass is 10.2. The number of nitrogens with one attached hydrogen (secondary N) is 1. The van der Waals surface area contributed by atoms with Crippen LogP contribution < -0.4 is 11.1 Å². The lowest BCUT2D eigenvalue weighted by molar-refractivity contribution is 0.622.